The lowest BCUT2D eigenvalue weighted by atomic mass is 10.2. The number of aliphatic carboxylic acids is 1. The molecule has 0 amide bonds. The molecule has 0 bridgehead atoms. The van der Waals surface area contributed by atoms with Crippen molar-refractivity contribution in [1.29, 1.82) is 0 Å². The quantitative estimate of drug-likeness (QED) is 0.821. The first-order valence-electron chi connectivity index (χ1n) is 5.23. The van der Waals surface area contributed by atoms with E-state index in [1.165, 1.54) is 34.6 Å². The van der Waals surface area contributed by atoms with Crippen LogP contribution in [0.2, 0.25) is 0 Å². The fourth-order valence-electron chi connectivity index (χ4n) is 1.82. The van der Waals surface area contributed by atoms with E-state index in [4.69, 9.17) is 5.11 Å². The van der Waals surface area contributed by atoms with E-state index in [1.807, 2.05) is 11.3 Å². The summed E-state index contributed by atoms with van der Waals surface area (Å²) in [6.45, 7) is 2.34. The van der Waals surface area contributed by atoms with Crippen LogP contribution in [0.25, 0.3) is 0 Å². The molecule has 4 heteroatoms. The predicted molar refractivity (Wildman–Crippen MR) is 60.3 cm³/mol. The fraction of sp³-hybridized carbons (Fsp3) is 0.545. The molecule has 0 radical (unpaired) electrons. The fourth-order valence-corrected chi connectivity index (χ4v) is 3.03. The van der Waals surface area contributed by atoms with Gasteiger partial charge in [-0.25, -0.2) is 0 Å². The smallest absolute Gasteiger partial charge is 0.320 e. The Morgan fingerprint density at radius 1 is 1.67 bits per heavy atom. The van der Waals surface area contributed by atoms with Gasteiger partial charge in [0.1, 0.15) is 6.04 Å². The van der Waals surface area contributed by atoms with Gasteiger partial charge in [-0.2, -0.15) is 0 Å². The summed E-state index contributed by atoms with van der Waals surface area (Å²) in [6.07, 6.45) is 3.68. The van der Waals surface area contributed by atoms with Crippen LogP contribution in [0, 0.1) is 0 Å². The number of carboxylic acids is 1. The van der Waals surface area contributed by atoms with Gasteiger partial charge in [-0.05, 0) is 37.8 Å². The van der Waals surface area contributed by atoms with Crippen LogP contribution < -0.4 is 5.32 Å². The highest BCUT2D eigenvalue weighted by atomic mass is 32.1. The highest BCUT2D eigenvalue weighted by Gasteiger charge is 2.15. The van der Waals surface area contributed by atoms with Gasteiger partial charge in [0, 0.05) is 16.3 Å². The van der Waals surface area contributed by atoms with Crippen LogP contribution in [0.4, 0.5) is 0 Å². The summed E-state index contributed by atoms with van der Waals surface area (Å²) < 4.78 is 0. The average molecular weight is 225 g/mol. The van der Waals surface area contributed by atoms with Crippen LogP contribution in [0.15, 0.2) is 6.07 Å². The number of carbonyl (C=O) groups is 1. The van der Waals surface area contributed by atoms with Crippen LogP contribution in [-0.4, -0.2) is 17.1 Å². The lowest BCUT2D eigenvalue weighted by Gasteiger charge is -2.06. The standard InChI is InChI=1S/C11H15NO2S/c1-7(11(13)14)12-6-9-5-8-3-2-4-10(8)15-9/h5,7,12H,2-4,6H2,1H3,(H,13,14). The molecule has 2 rings (SSSR count). The lowest BCUT2D eigenvalue weighted by Crippen LogP contribution is -2.32. The van der Waals surface area contributed by atoms with Crippen LogP contribution in [-0.2, 0) is 24.2 Å². The molecule has 0 fully saturated rings. The summed E-state index contributed by atoms with van der Waals surface area (Å²) >= 11 is 1.82. The van der Waals surface area contributed by atoms with E-state index in [9.17, 15) is 4.79 Å². The Kier molecular flexibility index (Phi) is 3.07. The Hall–Kier alpha value is -0.870. The van der Waals surface area contributed by atoms with Crippen molar-refractivity contribution >= 4 is 17.3 Å². The zero-order valence-corrected chi connectivity index (χ0v) is 9.56. The third-order valence-electron chi connectivity index (χ3n) is 2.75. The lowest BCUT2D eigenvalue weighted by molar-refractivity contribution is -0.139. The second-order valence-electron chi connectivity index (χ2n) is 3.96. The molecule has 2 N–H and O–H groups in total. The summed E-state index contributed by atoms with van der Waals surface area (Å²) in [4.78, 5) is 13.4. The van der Waals surface area contributed by atoms with Crippen molar-refractivity contribution in [3.8, 4) is 0 Å². The number of hydrogen-bond donors (Lipinski definition) is 2. The second-order valence-corrected chi connectivity index (χ2v) is 5.18. The molecule has 0 spiro atoms. The zero-order chi connectivity index (χ0) is 10.8. The highest BCUT2D eigenvalue weighted by molar-refractivity contribution is 7.12. The zero-order valence-electron chi connectivity index (χ0n) is 8.75. The maximum Gasteiger partial charge on any atom is 0.320 e. The van der Waals surface area contributed by atoms with E-state index in [0.717, 1.165) is 0 Å². The minimum atomic E-state index is -0.793. The molecule has 3 nitrogen and oxygen atoms in total. The summed E-state index contributed by atoms with van der Waals surface area (Å²) in [5.41, 5.74) is 1.47. The van der Waals surface area contributed by atoms with Crippen molar-refractivity contribution in [3.05, 3.63) is 21.4 Å². The molecule has 1 heterocycles. The Bertz CT molecular complexity index is 351. The average Bonchev–Trinajstić information content (AvgIpc) is 2.72. The molecule has 1 aliphatic rings. The van der Waals surface area contributed by atoms with Gasteiger partial charge in [0.25, 0.3) is 0 Å². The topological polar surface area (TPSA) is 49.3 Å². The first kappa shape index (κ1) is 10.6. The number of nitrogens with one attached hydrogen (secondary N) is 1. The molecule has 0 aliphatic heterocycles. The van der Waals surface area contributed by atoms with Crippen molar-refractivity contribution in [2.45, 2.75) is 38.8 Å². The minimum Gasteiger partial charge on any atom is -0.480 e. The van der Waals surface area contributed by atoms with E-state index >= 15 is 0 Å². The van der Waals surface area contributed by atoms with Gasteiger partial charge in [0.05, 0.1) is 0 Å². The normalized spacial score (nSPS) is 16.3. The van der Waals surface area contributed by atoms with Gasteiger partial charge in [-0.3, -0.25) is 10.1 Å². The Morgan fingerprint density at radius 3 is 3.13 bits per heavy atom. The molecular weight excluding hydrogens is 210 g/mol. The molecule has 82 valence electrons. The Morgan fingerprint density at radius 2 is 2.47 bits per heavy atom. The SMILES string of the molecule is CC(NCc1cc2c(s1)CCC2)C(=O)O. The number of thiophene rings is 1. The van der Waals surface area contributed by atoms with Gasteiger partial charge in [-0.15, -0.1) is 11.3 Å². The highest BCUT2D eigenvalue weighted by Crippen LogP contribution is 2.30. The van der Waals surface area contributed by atoms with Crippen LogP contribution >= 0.6 is 11.3 Å². The van der Waals surface area contributed by atoms with E-state index in [-0.39, 0.29) is 0 Å². The van der Waals surface area contributed by atoms with E-state index < -0.39 is 12.0 Å². The van der Waals surface area contributed by atoms with Gasteiger partial charge in [0.15, 0.2) is 0 Å². The molecule has 1 aromatic heterocycles. The second kappa shape index (κ2) is 4.33. The van der Waals surface area contributed by atoms with Gasteiger partial charge in [-0.1, -0.05) is 0 Å². The number of carboxylic acid groups (broad SMARTS) is 1. The molecule has 1 aliphatic carbocycles. The van der Waals surface area contributed by atoms with Crippen LogP contribution in [0.5, 0.6) is 0 Å². The molecule has 1 unspecified atom stereocenters. The van der Waals surface area contributed by atoms with Gasteiger partial charge < -0.3 is 5.11 Å². The molecule has 0 saturated heterocycles. The van der Waals surface area contributed by atoms with Crippen LogP contribution in [0.1, 0.15) is 28.7 Å². The summed E-state index contributed by atoms with van der Waals surface area (Å²) in [6, 6.07) is 1.75. The Balaban J connectivity index is 1.91. The minimum absolute atomic E-state index is 0.470. The number of rotatable bonds is 4. The number of aryl methyl sites for hydroxylation is 2. The maximum absolute atomic E-state index is 10.6. The van der Waals surface area contributed by atoms with Crippen LogP contribution in [0.3, 0.4) is 0 Å². The van der Waals surface area contributed by atoms with E-state index in [1.54, 1.807) is 6.92 Å². The monoisotopic (exact) mass is 225 g/mol. The molecule has 0 saturated carbocycles. The van der Waals surface area contributed by atoms with Crippen molar-refractivity contribution in [2.75, 3.05) is 0 Å². The summed E-state index contributed by atoms with van der Waals surface area (Å²) in [5.74, 6) is -0.793. The van der Waals surface area contributed by atoms with Crippen molar-refractivity contribution < 1.29 is 9.90 Å². The summed E-state index contributed by atoms with van der Waals surface area (Å²) in [7, 11) is 0. The largest absolute Gasteiger partial charge is 0.480 e. The number of hydrogen-bond acceptors (Lipinski definition) is 3. The van der Waals surface area contributed by atoms with Gasteiger partial charge in [0.2, 0.25) is 0 Å². The first-order valence-corrected chi connectivity index (χ1v) is 6.05. The van der Waals surface area contributed by atoms with Crippen molar-refractivity contribution in [3.63, 3.8) is 0 Å². The maximum atomic E-state index is 10.6. The molecular formula is C11H15NO2S. The van der Waals surface area contributed by atoms with E-state index in [0.29, 0.717) is 6.54 Å². The third-order valence-corrected chi connectivity index (χ3v) is 3.99. The van der Waals surface area contributed by atoms with Gasteiger partial charge >= 0.3 is 5.97 Å². The van der Waals surface area contributed by atoms with Crippen molar-refractivity contribution in [1.82, 2.24) is 5.32 Å². The third kappa shape index (κ3) is 2.38. The Labute approximate surface area is 93.1 Å². The number of fused-ring (bicyclic) bond motifs is 1. The van der Waals surface area contributed by atoms with Crippen molar-refractivity contribution in [2.24, 2.45) is 0 Å². The molecule has 1 atom stereocenters. The van der Waals surface area contributed by atoms with E-state index in [2.05, 4.69) is 11.4 Å². The predicted octanol–water partition coefficient (Wildman–Crippen LogP) is 1.80. The molecule has 15 heavy (non-hydrogen) atoms. The molecule has 0 aromatic carbocycles. The summed E-state index contributed by atoms with van der Waals surface area (Å²) in [5, 5.41) is 11.7. The first-order chi connectivity index (χ1) is 7.16. The molecule has 1 aromatic rings.